The van der Waals surface area contributed by atoms with E-state index in [1.54, 1.807) is 22.9 Å². The first-order valence-electron chi connectivity index (χ1n) is 6.50. The van der Waals surface area contributed by atoms with Crippen molar-refractivity contribution in [2.75, 3.05) is 0 Å². The zero-order chi connectivity index (χ0) is 13.8. The van der Waals surface area contributed by atoms with Gasteiger partial charge in [0.1, 0.15) is 0 Å². The van der Waals surface area contributed by atoms with Gasteiger partial charge >= 0.3 is 119 Å². The molecule has 0 fully saturated rings. The van der Waals surface area contributed by atoms with E-state index >= 15 is 0 Å². The minimum absolute atomic E-state index is 0.273. The Balaban J connectivity index is 2.33. The van der Waals surface area contributed by atoms with Gasteiger partial charge < -0.3 is 0 Å². The Morgan fingerprint density at radius 1 is 1.37 bits per heavy atom. The number of aromatic nitrogens is 3. The number of hydrogen-bond donors (Lipinski definition) is 0. The SMILES string of the molecule is [CH2]=[Sn]([CH2]CCC)[c]1nnn(-c2ccccc2F)c1C. The predicted molar refractivity (Wildman–Crippen MR) is 78.3 cm³/mol. The summed E-state index contributed by atoms with van der Waals surface area (Å²) in [6, 6.07) is 6.64. The van der Waals surface area contributed by atoms with E-state index in [2.05, 4.69) is 21.8 Å². The number of rotatable bonds is 5. The van der Waals surface area contributed by atoms with Crippen LogP contribution in [-0.4, -0.2) is 38.8 Å². The van der Waals surface area contributed by atoms with Gasteiger partial charge in [-0.3, -0.25) is 0 Å². The standard InChI is InChI=1S/C9H7FN3.C4H9.CH2.Sn/c1-7-6-11-12-13(7)9-5-3-2-4-8(9)10;1-3-4-2;;/h2-5H,1H3;1,3-4H2,2H3;1H2;. The van der Waals surface area contributed by atoms with E-state index in [0.717, 1.165) is 9.40 Å². The fraction of sp³-hybridized carbons (Fsp3) is 0.357. The number of halogens is 1. The van der Waals surface area contributed by atoms with Crippen molar-refractivity contribution >= 4 is 27.5 Å². The molecule has 2 aromatic rings. The number of benzene rings is 1. The summed E-state index contributed by atoms with van der Waals surface area (Å²) >= 11 is -1.89. The second kappa shape index (κ2) is 6.41. The van der Waals surface area contributed by atoms with Gasteiger partial charge in [-0.05, 0) is 0 Å². The molecule has 3 nitrogen and oxygen atoms in total. The third-order valence-corrected chi connectivity index (χ3v) is 9.10. The van der Waals surface area contributed by atoms with E-state index in [1.807, 2.05) is 6.92 Å². The van der Waals surface area contributed by atoms with E-state index in [0.29, 0.717) is 5.69 Å². The minimum atomic E-state index is -1.89. The monoisotopic (exact) mass is 367 g/mol. The van der Waals surface area contributed by atoms with Crippen LogP contribution in [0.25, 0.3) is 5.69 Å². The van der Waals surface area contributed by atoms with Crippen molar-refractivity contribution in [3.05, 3.63) is 35.8 Å². The van der Waals surface area contributed by atoms with Crippen molar-refractivity contribution < 1.29 is 4.39 Å². The second-order valence-electron chi connectivity index (χ2n) is 4.59. The molecule has 0 aliphatic carbocycles. The average molecular weight is 366 g/mol. The molecular formula is C14H18FN3Sn. The fourth-order valence-corrected chi connectivity index (χ4v) is 7.21. The first kappa shape index (κ1) is 14.4. The summed E-state index contributed by atoms with van der Waals surface area (Å²) in [6.07, 6.45) is 2.38. The molecule has 1 heterocycles. The van der Waals surface area contributed by atoms with Crippen molar-refractivity contribution in [1.29, 1.82) is 0 Å². The van der Waals surface area contributed by atoms with Crippen LogP contribution in [0.15, 0.2) is 24.3 Å². The summed E-state index contributed by atoms with van der Waals surface area (Å²) in [5.41, 5.74) is 1.41. The number of hydrogen-bond acceptors (Lipinski definition) is 2. The quantitative estimate of drug-likeness (QED) is 0.761. The van der Waals surface area contributed by atoms with Crippen LogP contribution in [0.5, 0.6) is 0 Å². The van der Waals surface area contributed by atoms with Gasteiger partial charge in [0.15, 0.2) is 0 Å². The maximum absolute atomic E-state index is 13.8. The molecule has 1 aromatic heterocycles. The molecule has 0 saturated carbocycles. The summed E-state index contributed by atoms with van der Waals surface area (Å²) in [5, 5.41) is 8.37. The van der Waals surface area contributed by atoms with Crippen molar-refractivity contribution in [3.8, 4) is 5.69 Å². The summed E-state index contributed by atoms with van der Waals surface area (Å²) in [4.78, 5) is 0. The Labute approximate surface area is 119 Å². The van der Waals surface area contributed by atoms with Gasteiger partial charge in [-0.2, -0.15) is 0 Å². The zero-order valence-corrected chi connectivity index (χ0v) is 14.2. The van der Waals surface area contributed by atoms with Crippen molar-refractivity contribution in [1.82, 2.24) is 15.0 Å². The Morgan fingerprint density at radius 2 is 2.11 bits per heavy atom. The summed E-state index contributed by atoms with van der Waals surface area (Å²) in [7, 11) is 0. The molecule has 0 bridgehead atoms. The van der Waals surface area contributed by atoms with Gasteiger partial charge in [0.05, 0.1) is 0 Å². The average Bonchev–Trinajstić information content (AvgIpc) is 2.78. The molecule has 0 aliphatic rings. The molecule has 0 atom stereocenters. The predicted octanol–water partition coefficient (Wildman–Crippen LogP) is 2.23. The van der Waals surface area contributed by atoms with Gasteiger partial charge in [-0.1, -0.05) is 0 Å². The Bertz CT molecular complexity index is 592. The van der Waals surface area contributed by atoms with Gasteiger partial charge in [-0.25, -0.2) is 0 Å². The van der Waals surface area contributed by atoms with Crippen LogP contribution >= 0.6 is 0 Å². The molecule has 0 amide bonds. The van der Waals surface area contributed by atoms with Crippen LogP contribution in [0, 0.1) is 12.7 Å². The van der Waals surface area contributed by atoms with Crippen LogP contribution in [0.4, 0.5) is 4.39 Å². The first-order valence-corrected chi connectivity index (χ1v) is 12.0. The van der Waals surface area contributed by atoms with Gasteiger partial charge in [0.25, 0.3) is 0 Å². The number of para-hydroxylation sites is 1. The normalized spacial score (nSPS) is 10.7. The molecular weight excluding hydrogens is 348 g/mol. The molecule has 2 rings (SSSR count). The van der Waals surface area contributed by atoms with Crippen LogP contribution in [0.1, 0.15) is 25.5 Å². The van der Waals surface area contributed by atoms with E-state index in [1.165, 1.54) is 23.3 Å². The summed E-state index contributed by atoms with van der Waals surface area (Å²) < 4.78 is 21.9. The molecule has 19 heavy (non-hydrogen) atoms. The first-order chi connectivity index (χ1) is 9.15. The molecule has 0 spiro atoms. The topological polar surface area (TPSA) is 30.7 Å². The van der Waals surface area contributed by atoms with Crippen molar-refractivity contribution in [3.63, 3.8) is 0 Å². The van der Waals surface area contributed by atoms with Crippen LogP contribution in [-0.2, 0) is 0 Å². The Kier molecular flexibility index (Phi) is 4.85. The maximum atomic E-state index is 13.8. The van der Waals surface area contributed by atoms with Gasteiger partial charge in [0.2, 0.25) is 0 Å². The summed E-state index contributed by atoms with van der Waals surface area (Å²) in [6.45, 7) is 4.14. The fourth-order valence-electron chi connectivity index (χ4n) is 2.02. The van der Waals surface area contributed by atoms with E-state index in [-0.39, 0.29) is 5.82 Å². The Morgan fingerprint density at radius 3 is 2.79 bits per heavy atom. The van der Waals surface area contributed by atoms with Crippen LogP contribution in [0.3, 0.4) is 0 Å². The number of unbranched alkanes of at least 4 members (excludes halogenated alkanes) is 1. The van der Waals surface area contributed by atoms with Crippen molar-refractivity contribution in [2.24, 2.45) is 0 Å². The van der Waals surface area contributed by atoms with E-state index in [4.69, 9.17) is 0 Å². The second-order valence-corrected chi connectivity index (χ2v) is 10.8. The van der Waals surface area contributed by atoms with Gasteiger partial charge in [0, 0.05) is 0 Å². The molecule has 0 aliphatic heterocycles. The Hall–Kier alpha value is -1.04. The molecule has 0 unspecified atom stereocenters. The molecule has 5 heteroatoms. The van der Waals surface area contributed by atoms with Crippen LogP contribution < -0.4 is 3.71 Å². The van der Waals surface area contributed by atoms with Crippen LogP contribution in [0.2, 0.25) is 4.44 Å². The molecule has 0 saturated heterocycles. The number of nitrogens with zero attached hydrogens (tertiary/aromatic N) is 3. The third-order valence-electron chi connectivity index (χ3n) is 3.14. The molecule has 0 radical (unpaired) electrons. The van der Waals surface area contributed by atoms with Crippen molar-refractivity contribution in [2.45, 2.75) is 31.1 Å². The molecule has 0 N–H and O–H groups in total. The third kappa shape index (κ3) is 3.11. The molecule has 1 aromatic carbocycles. The molecule has 100 valence electrons. The zero-order valence-electron chi connectivity index (χ0n) is 11.4. The van der Waals surface area contributed by atoms with E-state index < -0.39 is 19.3 Å². The van der Waals surface area contributed by atoms with E-state index in [9.17, 15) is 4.39 Å². The van der Waals surface area contributed by atoms with Gasteiger partial charge in [-0.15, -0.1) is 0 Å². The summed E-state index contributed by atoms with van der Waals surface area (Å²) in [5.74, 6) is -0.273.